The van der Waals surface area contributed by atoms with Gasteiger partial charge in [0.2, 0.25) is 5.91 Å². The Hall–Kier alpha value is -1.16. The van der Waals surface area contributed by atoms with Gasteiger partial charge in [0.1, 0.15) is 0 Å². The number of nitriles is 1. The molecule has 1 rings (SSSR count). The minimum atomic E-state index is 0.156. The first-order valence-corrected chi connectivity index (χ1v) is 7.37. The molecule has 0 radical (unpaired) electrons. The summed E-state index contributed by atoms with van der Waals surface area (Å²) in [5, 5.41) is 11.7. The van der Waals surface area contributed by atoms with Crippen molar-refractivity contribution in [2.24, 2.45) is 0 Å². The van der Waals surface area contributed by atoms with Gasteiger partial charge in [-0.05, 0) is 20.0 Å². The monoisotopic (exact) mass is 282 g/mol. The molecule has 0 unspecified atom stereocenters. The Bertz CT molecular complexity index is 311. The molecule has 1 amide bonds. The highest BCUT2D eigenvalue weighted by molar-refractivity contribution is 5.76. The molecule has 1 aliphatic heterocycles. The fourth-order valence-corrected chi connectivity index (χ4v) is 2.21. The molecule has 0 spiro atoms. The highest BCUT2D eigenvalue weighted by Gasteiger charge is 2.16. The van der Waals surface area contributed by atoms with Gasteiger partial charge in [0.25, 0.3) is 0 Å². The molecule has 0 aliphatic carbocycles. The van der Waals surface area contributed by atoms with Gasteiger partial charge in [0, 0.05) is 39.1 Å². The van der Waals surface area contributed by atoms with Crippen LogP contribution in [0.15, 0.2) is 0 Å². The number of carbonyl (C=O) groups excluding carboxylic acids is 1. The van der Waals surface area contributed by atoms with E-state index in [2.05, 4.69) is 16.3 Å². The summed E-state index contributed by atoms with van der Waals surface area (Å²) in [6.45, 7) is 6.37. The summed E-state index contributed by atoms with van der Waals surface area (Å²) < 4.78 is 5.31. The maximum atomic E-state index is 12.1. The van der Waals surface area contributed by atoms with Gasteiger partial charge in [-0.15, -0.1) is 0 Å². The molecule has 6 heteroatoms. The van der Waals surface area contributed by atoms with E-state index in [1.165, 1.54) is 0 Å². The second-order valence-electron chi connectivity index (χ2n) is 4.95. The van der Waals surface area contributed by atoms with Gasteiger partial charge >= 0.3 is 0 Å². The molecular weight excluding hydrogens is 256 g/mol. The van der Waals surface area contributed by atoms with Crippen molar-refractivity contribution in [3.05, 3.63) is 0 Å². The average molecular weight is 282 g/mol. The first kappa shape index (κ1) is 16.9. The van der Waals surface area contributed by atoms with Crippen molar-refractivity contribution in [2.75, 3.05) is 59.5 Å². The van der Waals surface area contributed by atoms with Crippen LogP contribution in [0.2, 0.25) is 0 Å². The molecule has 1 heterocycles. The smallest absolute Gasteiger partial charge is 0.222 e. The van der Waals surface area contributed by atoms with Gasteiger partial charge in [0.15, 0.2) is 0 Å². The molecule has 20 heavy (non-hydrogen) atoms. The fourth-order valence-electron chi connectivity index (χ4n) is 2.21. The Labute approximate surface area is 121 Å². The molecule has 1 fully saturated rings. The van der Waals surface area contributed by atoms with E-state index in [0.29, 0.717) is 25.9 Å². The van der Waals surface area contributed by atoms with Crippen molar-refractivity contribution >= 4 is 5.91 Å². The van der Waals surface area contributed by atoms with Crippen LogP contribution in [0.1, 0.15) is 19.3 Å². The van der Waals surface area contributed by atoms with E-state index in [4.69, 9.17) is 10.00 Å². The second kappa shape index (κ2) is 10.6. The maximum Gasteiger partial charge on any atom is 0.222 e. The lowest BCUT2D eigenvalue weighted by Gasteiger charge is -2.30. The number of rotatable bonds is 9. The van der Waals surface area contributed by atoms with Crippen LogP contribution >= 0.6 is 0 Å². The lowest BCUT2D eigenvalue weighted by atomic mass is 10.2. The molecular formula is C14H26N4O2. The Kier molecular flexibility index (Phi) is 8.96. The van der Waals surface area contributed by atoms with Crippen LogP contribution in [0.4, 0.5) is 0 Å². The van der Waals surface area contributed by atoms with Crippen molar-refractivity contribution in [2.45, 2.75) is 19.3 Å². The Morgan fingerprint density at radius 1 is 1.40 bits per heavy atom. The largest absolute Gasteiger partial charge is 0.379 e. The highest BCUT2D eigenvalue weighted by Crippen LogP contribution is 2.02. The third kappa shape index (κ3) is 6.85. The van der Waals surface area contributed by atoms with E-state index >= 15 is 0 Å². The molecule has 1 saturated heterocycles. The topological polar surface area (TPSA) is 68.6 Å². The van der Waals surface area contributed by atoms with E-state index < -0.39 is 0 Å². The second-order valence-corrected chi connectivity index (χ2v) is 4.95. The number of morpholine rings is 1. The molecule has 6 nitrogen and oxygen atoms in total. The van der Waals surface area contributed by atoms with Gasteiger partial charge in [-0.1, -0.05) is 0 Å². The van der Waals surface area contributed by atoms with Crippen LogP contribution in [0.3, 0.4) is 0 Å². The van der Waals surface area contributed by atoms with E-state index in [1.54, 1.807) is 0 Å². The molecule has 0 saturated carbocycles. The minimum Gasteiger partial charge on any atom is -0.379 e. The van der Waals surface area contributed by atoms with E-state index in [0.717, 1.165) is 45.8 Å². The first-order valence-electron chi connectivity index (χ1n) is 7.37. The summed E-state index contributed by atoms with van der Waals surface area (Å²) in [7, 11) is 1.89. The number of carbonyl (C=O) groups is 1. The molecule has 0 atom stereocenters. The summed E-state index contributed by atoms with van der Waals surface area (Å²) in [5.41, 5.74) is 0. The van der Waals surface area contributed by atoms with Crippen LogP contribution in [-0.4, -0.2) is 75.2 Å². The molecule has 0 bridgehead atoms. The lowest BCUT2D eigenvalue weighted by molar-refractivity contribution is -0.131. The zero-order valence-electron chi connectivity index (χ0n) is 12.4. The van der Waals surface area contributed by atoms with Gasteiger partial charge in [-0.3, -0.25) is 9.69 Å². The zero-order valence-corrected chi connectivity index (χ0v) is 12.4. The van der Waals surface area contributed by atoms with Gasteiger partial charge in [-0.2, -0.15) is 5.26 Å². The van der Waals surface area contributed by atoms with Crippen LogP contribution in [0.25, 0.3) is 0 Å². The molecule has 1 aliphatic rings. The molecule has 0 aromatic rings. The number of ether oxygens (including phenoxy) is 1. The van der Waals surface area contributed by atoms with Gasteiger partial charge in [-0.25, -0.2) is 0 Å². The number of nitrogens with one attached hydrogen (secondary N) is 1. The number of hydrogen-bond donors (Lipinski definition) is 1. The summed E-state index contributed by atoms with van der Waals surface area (Å²) in [5.74, 6) is 0.156. The predicted octanol–water partition coefficient (Wildman–Crippen LogP) is 0.0605. The van der Waals surface area contributed by atoms with E-state index in [-0.39, 0.29) is 5.91 Å². The van der Waals surface area contributed by atoms with Crippen molar-refractivity contribution < 1.29 is 9.53 Å². The standard InChI is InChI=1S/C14H26N4O2/c1-16-6-2-4-14(19)18(7-3-5-15)9-8-17-10-12-20-13-11-17/h16H,2-4,6-13H2,1H3. The fraction of sp³-hybridized carbons (Fsp3) is 0.857. The number of hydrogen-bond acceptors (Lipinski definition) is 5. The zero-order chi connectivity index (χ0) is 14.6. The molecule has 0 aromatic carbocycles. The average Bonchev–Trinajstić information content (AvgIpc) is 2.48. The maximum absolute atomic E-state index is 12.1. The van der Waals surface area contributed by atoms with Gasteiger partial charge < -0.3 is 15.0 Å². The predicted molar refractivity (Wildman–Crippen MR) is 77.2 cm³/mol. The van der Waals surface area contributed by atoms with Crippen LogP contribution in [-0.2, 0) is 9.53 Å². The summed E-state index contributed by atoms with van der Waals surface area (Å²) >= 11 is 0. The highest BCUT2D eigenvalue weighted by atomic mass is 16.5. The number of amides is 1. The SMILES string of the molecule is CNCCCC(=O)N(CCC#N)CCN1CCOCC1. The van der Waals surface area contributed by atoms with Crippen molar-refractivity contribution in [3.63, 3.8) is 0 Å². The van der Waals surface area contributed by atoms with Crippen LogP contribution < -0.4 is 5.32 Å². The molecule has 1 N–H and O–H groups in total. The summed E-state index contributed by atoms with van der Waals surface area (Å²) in [6.07, 6.45) is 1.80. The van der Waals surface area contributed by atoms with Gasteiger partial charge in [0.05, 0.1) is 25.7 Å². The minimum absolute atomic E-state index is 0.156. The Balaban J connectivity index is 2.33. The van der Waals surface area contributed by atoms with Crippen LogP contribution in [0.5, 0.6) is 0 Å². The number of nitrogens with zero attached hydrogens (tertiary/aromatic N) is 3. The summed E-state index contributed by atoms with van der Waals surface area (Å²) in [4.78, 5) is 16.3. The Morgan fingerprint density at radius 3 is 2.80 bits per heavy atom. The third-order valence-corrected chi connectivity index (χ3v) is 3.45. The quantitative estimate of drug-likeness (QED) is 0.606. The van der Waals surface area contributed by atoms with Crippen molar-refractivity contribution in [3.8, 4) is 6.07 Å². The normalized spacial score (nSPS) is 15.8. The van der Waals surface area contributed by atoms with Crippen molar-refractivity contribution in [1.82, 2.24) is 15.1 Å². The summed E-state index contributed by atoms with van der Waals surface area (Å²) in [6, 6.07) is 2.12. The molecule has 0 aromatic heterocycles. The van der Waals surface area contributed by atoms with Crippen molar-refractivity contribution in [1.29, 1.82) is 5.26 Å². The Morgan fingerprint density at radius 2 is 2.15 bits per heavy atom. The molecule has 114 valence electrons. The van der Waals surface area contributed by atoms with E-state index in [1.807, 2.05) is 11.9 Å². The first-order chi connectivity index (χ1) is 9.77. The van der Waals surface area contributed by atoms with Crippen LogP contribution in [0, 0.1) is 11.3 Å². The van der Waals surface area contributed by atoms with E-state index in [9.17, 15) is 4.79 Å². The third-order valence-electron chi connectivity index (χ3n) is 3.45. The lowest BCUT2D eigenvalue weighted by Crippen LogP contribution is -2.43.